The Kier molecular flexibility index (Phi) is 5.27. The smallest absolute Gasteiger partial charge is 0.328 e. The van der Waals surface area contributed by atoms with Crippen LogP contribution in [0.1, 0.15) is 30.9 Å². The van der Waals surface area contributed by atoms with E-state index in [1.54, 1.807) is 6.08 Å². The topological polar surface area (TPSA) is 46.5 Å². The molecule has 0 spiro atoms. The number of carboxylic acid groups (broad SMARTS) is 1. The van der Waals surface area contributed by atoms with Crippen LogP contribution >= 0.6 is 0 Å². The predicted octanol–water partition coefficient (Wildman–Crippen LogP) is 3.27. The first-order valence-corrected chi connectivity index (χ1v) is 5.78. The van der Waals surface area contributed by atoms with Crippen molar-refractivity contribution in [1.29, 1.82) is 0 Å². The molecule has 17 heavy (non-hydrogen) atoms. The standard InChI is InChI=1S/C14H18O3/c1-3-4-10-17-14-11(2)6-5-7-12(14)8-9-13(15)16/h5-9H,3-4,10H2,1-2H3,(H,15,16)/b9-8+. The van der Waals surface area contributed by atoms with Crippen LogP contribution in [0, 0.1) is 6.92 Å². The Morgan fingerprint density at radius 3 is 2.88 bits per heavy atom. The Labute approximate surface area is 102 Å². The molecule has 1 aromatic rings. The lowest BCUT2D eigenvalue weighted by molar-refractivity contribution is -0.131. The molecule has 0 saturated heterocycles. The van der Waals surface area contributed by atoms with E-state index in [1.165, 1.54) is 0 Å². The molecule has 0 aliphatic carbocycles. The zero-order valence-electron chi connectivity index (χ0n) is 10.3. The number of carbonyl (C=O) groups is 1. The highest BCUT2D eigenvalue weighted by molar-refractivity contribution is 5.86. The minimum absolute atomic E-state index is 0.662. The number of aryl methyl sites for hydroxylation is 1. The van der Waals surface area contributed by atoms with Crippen LogP contribution in [0.25, 0.3) is 6.08 Å². The maximum Gasteiger partial charge on any atom is 0.328 e. The molecule has 1 aromatic carbocycles. The molecule has 0 saturated carbocycles. The van der Waals surface area contributed by atoms with Crippen molar-refractivity contribution < 1.29 is 14.6 Å². The van der Waals surface area contributed by atoms with Gasteiger partial charge in [-0.25, -0.2) is 4.79 Å². The van der Waals surface area contributed by atoms with Gasteiger partial charge in [0.1, 0.15) is 5.75 Å². The first-order chi connectivity index (χ1) is 8.15. The van der Waals surface area contributed by atoms with E-state index in [2.05, 4.69) is 6.92 Å². The average Bonchev–Trinajstić information content (AvgIpc) is 2.29. The van der Waals surface area contributed by atoms with Gasteiger partial charge in [0.15, 0.2) is 0 Å². The van der Waals surface area contributed by atoms with Gasteiger partial charge < -0.3 is 9.84 Å². The van der Waals surface area contributed by atoms with E-state index >= 15 is 0 Å². The fraction of sp³-hybridized carbons (Fsp3) is 0.357. The summed E-state index contributed by atoms with van der Waals surface area (Å²) in [5.41, 5.74) is 1.83. The molecule has 3 heteroatoms. The van der Waals surface area contributed by atoms with E-state index in [1.807, 2.05) is 25.1 Å². The van der Waals surface area contributed by atoms with Gasteiger partial charge in [0, 0.05) is 11.6 Å². The highest BCUT2D eigenvalue weighted by atomic mass is 16.5. The molecule has 1 rings (SSSR count). The largest absolute Gasteiger partial charge is 0.493 e. The van der Waals surface area contributed by atoms with Crippen LogP contribution in [0.3, 0.4) is 0 Å². The maximum absolute atomic E-state index is 10.5. The quantitative estimate of drug-likeness (QED) is 0.607. The van der Waals surface area contributed by atoms with Gasteiger partial charge in [0.2, 0.25) is 0 Å². The SMILES string of the molecule is CCCCOc1c(C)cccc1/C=C/C(=O)O. The number of ether oxygens (including phenoxy) is 1. The lowest BCUT2D eigenvalue weighted by Crippen LogP contribution is -2.00. The van der Waals surface area contributed by atoms with Crippen molar-refractivity contribution in [3.63, 3.8) is 0 Å². The number of hydrogen-bond donors (Lipinski definition) is 1. The van der Waals surface area contributed by atoms with Crippen LogP contribution in [0.4, 0.5) is 0 Å². The number of carboxylic acids is 1. The molecular weight excluding hydrogens is 216 g/mol. The first-order valence-electron chi connectivity index (χ1n) is 5.78. The minimum Gasteiger partial charge on any atom is -0.493 e. The highest BCUT2D eigenvalue weighted by Crippen LogP contribution is 2.24. The molecule has 3 nitrogen and oxygen atoms in total. The number of rotatable bonds is 6. The van der Waals surface area contributed by atoms with Crippen molar-refractivity contribution in [2.24, 2.45) is 0 Å². The third kappa shape index (κ3) is 4.31. The third-order valence-corrected chi connectivity index (χ3v) is 2.39. The molecule has 0 atom stereocenters. The van der Waals surface area contributed by atoms with E-state index in [9.17, 15) is 4.79 Å². The van der Waals surface area contributed by atoms with Crippen LogP contribution in [0.2, 0.25) is 0 Å². The Morgan fingerprint density at radius 1 is 1.47 bits per heavy atom. The molecule has 0 unspecified atom stereocenters. The summed E-state index contributed by atoms with van der Waals surface area (Å²) in [5.74, 6) is -0.176. The molecule has 0 bridgehead atoms. The second-order valence-corrected chi connectivity index (χ2v) is 3.87. The number of benzene rings is 1. The van der Waals surface area contributed by atoms with E-state index in [4.69, 9.17) is 9.84 Å². The second-order valence-electron chi connectivity index (χ2n) is 3.87. The summed E-state index contributed by atoms with van der Waals surface area (Å²) in [6.45, 7) is 4.72. The summed E-state index contributed by atoms with van der Waals surface area (Å²) in [6, 6.07) is 5.71. The van der Waals surface area contributed by atoms with Gasteiger partial charge in [-0.3, -0.25) is 0 Å². The average molecular weight is 234 g/mol. The van der Waals surface area contributed by atoms with E-state index in [0.29, 0.717) is 6.61 Å². The number of para-hydroxylation sites is 1. The Hall–Kier alpha value is -1.77. The zero-order valence-corrected chi connectivity index (χ0v) is 10.3. The third-order valence-electron chi connectivity index (χ3n) is 2.39. The van der Waals surface area contributed by atoms with Crippen LogP contribution in [-0.4, -0.2) is 17.7 Å². The minimum atomic E-state index is -0.953. The van der Waals surface area contributed by atoms with Gasteiger partial charge in [-0.05, 0) is 25.0 Å². The van der Waals surface area contributed by atoms with E-state index < -0.39 is 5.97 Å². The molecule has 0 radical (unpaired) electrons. The molecule has 0 fully saturated rings. The first kappa shape index (κ1) is 13.3. The number of unbranched alkanes of at least 4 members (excludes halogenated alkanes) is 1. The van der Waals surface area contributed by atoms with Gasteiger partial charge in [-0.15, -0.1) is 0 Å². The monoisotopic (exact) mass is 234 g/mol. The van der Waals surface area contributed by atoms with Crippen molar-refractivity contribution in [3.8, 4) is 5.75 Å². The predicted molar refractivity (Wildman–Crippen MR) is 68.3 cm³/mol. The Balaban J connectivity index is 2.87. The van der Waals surface area contributed by atoms with Crippen molar-refractivity contribution in [2.45, 2.75) is 26.7 Å². The number of aliphatic carboxylic acids is 1. The summed E-state index contributed by atoms with van der Waals surface area (Å²) in [5, 5.41) is 8.62. The van der Waals surface area contributed by atoms with Crippen molar-refractivity contribution in [1.82, 2.24) is 0 Å². The normalized spacial score (nSPS) is 10.7. The summed E-state index contributed by atoms with van der Waals surface area (Å²) in [7, 11) is 0. The lowest BCUT2D eigenvalue weighted by atomic mass is 10.1. The van der Waals surface area contributed by atoms with Gasteiger partial charge in [0.05, 0.1) is 6.61 Å². The van der Waals surface area contributed by atoms with Gasteiger partial charge in [-0.1, -0.05) is 31.5 Å². The fourth-order valence-electron chi connectivity index (χ4n) is 1.48. The van der Waals surface area contributed by atoms with Gasteiger partial charge >= 0.3 is 5.97 Å². The maximum atomic E-state index is 10.5. The molecule has 92 valence electrons. The van der Waals surface area contributed by atoms with Gasteiger partial charge in [-0.2, -0.15) is 0 Å². The molecule has 0 amide bonds. The molecule has 0 heterocycles. The Bertz CT molecular complexity index is 408. The van der Waals surface area contributed by atoms with Crippen LogP contribution in [0.15, 0.2) is 24.3 Å². The summed E-state index contributed by atoms with van der Waals surface area (Å²) < 4.78 is 5.70. The molecule has 0 aromatic heterocycles. The zero-order chi connectivity index (χ0) is 12.7. The summed E-state index contributed by atoms with van der Waals surface area (Å²) >= 11 is 0. The van der Waals surface area contributed by atoms with Crippen LogP contribution in [-0.2, 0) is 4.79 Å². The number of hydrogen-bond acceptors (Lipinski definition) is 2. The molecule has 0 aliphatic heterocycles. The fourth-order valence-corrected chi connectivity index (χ4v) is 1.48. The van der Waals surface area contributed by atoms with Crippen molar-refractivity contribution in [3.05, 3.63) is 35.4 Å². The van der Waals surface area contributed by atoms with E-state index in [-0.39, 0.29) is 0 Å². The van der Waals surface area contributed by atoms with Gasteiger partial charge in [0.25, 0.3) is 0 Å². The molecule has 1 N–H and O–H groups in total. The van der Waals surface area contributed by atoms with Crippen LogP contribution in [0.5, 0.6) is 5.75 Å². The molecule has 0 aliphatic rings. The molecular formula is C14H18O3. The van der Waals surface area contributed by atoms with E-state index in [0.717, 1.165) is 35.8 Å². The Morgan fingerprint density at radius 2 is 2.24 bits per heavy atom. The highest BCUT2D eigenvalue weighted by Gasteiger charge is 2.04. The van der Waals surface area contributed by atoms with Crippen molar-refractivity contribution >= 4 is 12.0 Å². The van der Waals surface area contributed by atoms with Crippen LogP contribution < -0.4 is 4.74 Å². The second kappa shape index (κ2) is 6.74. The summed E-state index contributed by atoms with van der Waals surface area (Å²) in [6.07, 6.45) is 4.76. The van der Waals surface area contributed by atoms with Crippen molar-refractivity contribution in [2.75, 3.05) is 6.61 Å². The summed E-state index contributed by atoms with van der Waals surface area (Å²) in [4.78, 5) is 10.5. The lowest BCUT2D eigenvalue weighted by Gasteiger charge is -2.11.